The van der Waals surface area contributed by atoms with Crippen LogP contribution in [0.15, 0.2) is 53.1 Å². The maximum atomic E-state index is 13.1. The van der Waals surface area contributed by atoms with E-state index >= 15 is 0 Å². The maximum absolute atomic E-state index is 13.1. The van der Waals surface area contributed by atoms with Gasteiger partial charge in [-0.25, -0.2) is 13.2 Å². The van der Waals surface area contributed by atoms with Crippen molar-refractivity contribution in [3.8, 4) is 11.5 Å². The van der Waals surface area contributed by atoms with E-state index in [9.17, 15) is 18.3 Å². The van der Waals surface area contributed by atoms with Gasteiger partial charge in [-0.2, -0.15) is 0 Å². The zero-order chi connectivity index (χ0) is 19.2. The molecule has 0 radical (unpaired) electrons. The fraction of sp³-hybridized carbons (Fsp3) is 0.167. The first-order valence-corrected chi connectivity index (χ1v) is 9.39. The highest BCUT2D eigenvalue weighted by Gasteiger charge is 2.40. The molecule has 27 heavy (non-hydrogen) atoms. The lowest BCUT2D eigenvalue weighted by atomic mass is 10.1. The van der Waals surface area contributed by atoms with Crippen LogP contribution in [0.3, 0.4) is 0 Å². The van der Waals surface area contributed by atoms with E-state index in [4.69, 9.17) is 14.2 Å². The van der Waals surface area contributed by atoms with E-state index in [1.807, 2.05) is 0 Å². The van der Waals surface area contributed by atoms with E-state index in [0.29, 0.717) is 17.1 Å². The van der Waals surface area contributed by atoms with Crippen molar-refractivity contribution in [1.29, 1.82) is 0 Å². The van der Waals surface area contributed by atoms with Crippen LogP contribution in [0.5, 0.6) is 11.5 Å². The molecule has 0 aliphatic carbocycles. The summed E-state index contributed by atoms with van der Waals surface area (Å²) >= 11 is 0. The number of aliphatic hydroxyl groups is 1. The Labute approximate surface area is 155 Å². The van der Waals surface area contributed by atoms with Crippen LogP contribution in [0.4, 0.5) is 0 Å². The van der Waals surface area contributed by atoms with Crippen LogP contribution in [0.25, 0.3) is 5.76 Å². The number of carbonyl (C=O) groups excluding carboxylic acids is 1. The lowest BCUT2D eigenvalue weighted by Gasteiger charge is -2.30. The average molecular weight is 389 g/mol. The fourth-order valence-electron chi connectivity index (χ4n) is 3.04. The molecule has 2 aliphatic heterocycles. The van der Waals surface area contributed by atoms with Crippen LogP contribution in [-0.4, -0.2) is 37.7 Å². The van der Waals surface area contributed by atoms with Gasteiger partial charge < -0.3 is 19.3 Å². The van der Waals surface area contributed by atoms with Gasteiger partial charge in [0.05, 0.1) is 18.6 Å². The Morgan fingerprint density at radius 2 is 1.93 bits per heavy atom. The number of hydrogen-bond acceptors (Lipinski definition) is 7. The van der Waals surface area contributed by atoms with Gasteiger partial charge in [0.1, 0.15) is 0 Å². The third-order valence-corrected chi connectivity index (χ3v) is 6.13. The number of sulfonamides is 1. The molecule has 0 spiro atoms. The number of benzene rings is 2. The molecule has 0 saturated carbocycles. The molecule has 2 heterocycles. The smallest absolute Gasteiger partial charge is 0.359 e. The number of aliphatic hydroxyl groups excluding tert-OH is 1. The van der Waals surface area contributed by atoms with E-state index in [1.54, 1.807) is 30.3 Å². The number of fused-ring (bicyclic) bond motifs is 2. The molecule has 0 bridgehead atoms. The van der Waals surface area contributed by atoms with Crippen molar-refractivity contribution in [1.82, 2.24) is 4.31 Å². The number of ether oxygens (including phenoxy) is 3. The molecular formula is C18H15NO7S. The van der Waals surface area contributed by atoms with Crippen molar-refractivity contribution in [2.24, 2.45) is 0 Å². The van der Waals surface area contributed by atoms with Crippen LogP contribution < -0.4 is 9.47 Å². The van der Waals surface area contributed by atoms with Gasteiger partial charge in [-0.05, 0) is 29.8 Å². The van der Waals surface area contributed by atoms with E-state index in [2.05, 4.69) is 0 Å². The molecule has 0 saturated heterocycles. The SMILES string of the molecule is COC(=O)C1=C(O)c2ccccc2S(=O)(=O)N1Cc1ccc2c(c1)OCO2. The summed E-state index contributed by atoms with van der Waals surface area (Å²) in [6.45, 7) is -0.107. The van der Waals surface area contributed by atoms with E-state index in [1.165, 1.54) is 12.1 Å². The lowest BCUT2D eigenvalue weighted by Crippen LogP contribution is -2.38. The third kappa shape index (κ3) is 2.67. The topological polar surface area (TPSA) is 102 Å². The van der Waals surface area contributed by atoms with Crippen LogP contribution in [0, 0.1) is 0 Å². The standard InChI is InChI=1S/C18H15NO7S/c1-24-18(21)16-17(20)12-4-2-3-5-15(12)27(22,23)19(16)9-11-6-7-13-14(8-11)26-10-25-13/h2-8,20H,9-10H2,1H3. The Morgan fingerprint density at radius 3 is 2.70 bits per heavy atom. The van der Waals surface area contributed by atoms with Gasteiger partial charge in [-0.1, -0.05) is 18.2 Å². The van der Waals surface area contributed by atoms with Crippen LogP contribution >= 0.6 is 0 Å². The summed E-state index contributed by atoms with van der Waals surface area (Å²) in [6, 6.07) is 10.9. The molecule has 8 nitrogen and oxygen atoms in total. The second kappa shape index (κ2) is 6.20. The van der Waals surface area contributed by atoms with Crippen molar-refractivity contribution in [3.05, 3.63) is 59.3 Å². The monoisotopic (exact) mass is 389 g/mol. The Hall–Kier alpha value is -3.20. The Morgan fingerprint density at radius 1 is 1.19 bits per heavy atom. The van der Waals surface area contributed by atoms with E-state index in [0.717, 1.165) is 11.4 Å². The van der Waals surface area contributed by atoms with Crippen molar-refractivity contribution in [2.75, 3.05) is 13.9 Å². The molecule has 0 unspecified atom stereocenters. The number of hydrogen-bond donors (Lipinski definition) is 1. The molecule has 2 aromatic carbocycles. The molecule has 2 aromatic rings. The van der Waals surface area contributed by atoms with Crippen molar-refractivity contribution in [2.45, 2.75) is 11.4 Å². The molecule has 0 fully saturated rings. The highest BCUT2D eigenvalue weighted by atomic mass is 32.2. The summed E-state index contributed by atoms with van der Waals surface area (Å²) in [7, 11) is -2.97. The van der Waals surface area contributed by atoms with Gasteiger partial charge in [0.2, 0.25) is 6.79 Å². The highest BCUT2D eigenvalue weighted by Crippen LogP contribution is 2.38. The zero-order valence-corrected chi connectivity index (χ0v) is 15.0. The van der Waals surface area contributed by atoms with Crippen LogP contribution in [0.2, 0.25) is 0 Å². The van der Waals surface area contributed by atoms with Gasteiger partial charge in [0.25, 0.3) is 10.0 Å². The van der Waals surface area contributed by atoms with E-state index in [-0.39, 0.29) is 23.8 Å². The minimum atomic E-state index is -4.09. The second-order valence-electron chi connectivity index (χ2n) is 5.88. The number of rotatable bonds is 3. The van der Waals surface area contributed by atoms with Gasteiger partial charge >= 0.3 is 5.97 Å². The van der Waals surface area contributed by atoms with Gasteiger partial charge in [-0.15, -0.1) is 0 Å². The van der Waals surface area contributed by atoms with Gasteiger partial charge in [0, 0.05) is 5.56 Å². The summed E-state index contributed by atoms with van der Waals surface area (Å²) in [6.07, 6.45) is 0. The normalized spacial score (nSPS) is 16.9. The fourth-order valence-corrected chi connectivity index (χ4v) is 4.69. The number of carbonyl (C=O) groups is 1. The minimum Gasteiger partial charge on any atom is -0.505 e. The number of esters is 1. The summed E-state index contributed by atoms with van der Waals surface area (Å²) < 4.78 is 42.4. The Kier molecular flexibility index (Phi) is 3.96. The quantitative estimate of drug-likeness (QED) is 0.801. The van der Waals surface area contributed by atoms with Crippen molar-refractivity contribution < 1.29 is 32.5 Å². The van der Waals surface area contributed by atoms with Gasteiger partial charge in [-0.3, -0.25) is 4.31 Å². The first-order valence-electron chi connectivity index (χ1n) is 7.95. The highest BCUT2D eigenvalue weighted by molar-refractivity contribution is 7.89. The molecule has 9 heteroatoms. The Balaban J connectivity index is 1.84. The minimum absolute atomic E-state index is 0.0554. The molecule has 0 atom stereocenters. The summed E-state index contributed by atoms with van der Waals surface area (Å²) in [5.74, 6) is -0.369. The van der Waals surface area contributed by atoms with Crippen LogP contribution in [0.1, 0.15) is 11.1 Å². The summed E-state index contributed by atoms with van der Waals surface area (Å²) in [5, 5.41) is 10.6. The first-order chi connectivity index (χ1) is 12.9. The number of nitrogens with zero attached hydrogens (tertiary/aromatic N) is 1. The van der Waals surface area contributed by atoms with E-state index < -0.39 is 27.4 Å². The first kappa shape index (κ1) is 17.2. The molecule has 1 N–H and O–H groups in total. The van der Waals surface area contributed by atoms with Crippen LogP contribution in [-0.2, 0) is 26.1 Å². The average Bonchev–Trinajstić information content (AvgIpc) is 3.14. The second-order valence-corrected chi connectivity index (χ2v) is 7.71. The third-order valence-electron chi connectivity index (χ3n) is 4.33. The zero-order valence-electron chi connectivity index (χ0n) is 14.2. The molecule has 0 aromatic heterocycles. The molecule has 140 valence electrons. The summed E-state index contributed by atoms with van der Waals surface area (Å²) in [5.41, 5.74) is 0.171. The molecule has 0 amide bonds. The predicted molar refractivity (Wildman–Crippen MR) is 93.3 cm³/mol. The number of methoxy groups -OCH3 is 1. The predicted octanol–water partition coefficient (Wildman–Crippen LogP) is 2.02. The van der Waals surface area contributed by atoms with Crippen molar-refractivity contribution >= 4 is 21.8 Å². The molecule has 2 aliphatic rings. The largest absolute Gasteiger partial charge is 0.505 e. The maximum Gasteiger partial charge on any atom is 0.359 e. The summed E-state index contributed by atoms with van der Waals surface area (Å²) in [4.78, 5) is 12.2. The van der Waals surface area contributed by atoms with Crippen molar-refractivity contribution in [3.63, 3.8) is 0 Å². The molecular weight excluding hydrogens is 374 g/mol. The Bertz CT molecular complexity index is 1070. The lowest BCUT2D eigenvalue weighted by molar-refractivity contribution is -0.137. The van der Waals surface area contributed by atoms with Gasteiger partial charge in [0.15, 0.2) is 23.0 Å². The molecule has 4 rings (SSSR count).